The molecule has 54 valence electrons. The molecule has 0 atom stereocenters. The fourth-order valence-corrected chi connectivity index (χ4v) is 1.21. The summed E-state index contributed by atoms with van der Waals surface area (Å²) in [5, 5.41) is 9.66. The maximum Gasteiger partial charge on any atom is 0.117 e. The average Bonchev–Trinajstić information content (AvgIpc) is 1.88. The maximum atomic E-state index is 8.94. The number of phenolic OH excluding ortho intramolecular Hbond substituents is 1. The number of aromatic hydroxyl groups is 1. The van der Waals surface area contributed by atoms with Crippen molar-refractivity contribution in [2.75, 3.05) is 5.73 Å². The van der Waals surface area contributed by atoms with Crippen molar-refractivity contribution in [1.29, 1.82) is 0 Å². The summed E-state index contributed by atoms with van der Waals surface area (Å²) in [6.45, 7) is 0. The summed E-state index contributed by atoms with van der Waals surface area (Å²) in [7, 11) is 0. The molecule has 0 bridgehead atoms. The van der Waals surface area contributed by atoms with Crippen LogP contribution in [0.4, 0.5) is 5.69 Å². The minimum atomic E-state index is 0.210. The normalized spacial score (nSPS) is 9.70. The Hall–Kier alpha value is -0.700. The van der Waals surface area contributed by atoms with Crippen LogP contribution in [-0.4, -0.2) is 5.11 Å². The van der Waals surface area contributed by atoms with E-state index in [0.29, 0.717) is 5.69 Å². The lowest BCUT2D eigenvalue weighted by Crippen LogP contribution is -1.89. The van der Waals surface area contributed by atoms with Crippen molar-refractivity contribution in [2.45, 2.75) is 5.33 Å². The van der Waals surface area contributed by atoms with Crippen molar-refractivity contribution in [3.63, 3.8) is 0 Å². The van der Waals surface area contributed by atoms with Gasteiger partial charge in [0, 0.05) is 17.1 Å². The third-order valence-corrected chi connectivity index (χ3v) is 1.88. The summed E-state index contributed by atoms with van der Waals surface area (Å²) in [6.07, 6.45) is 0. The van der Waals surface area contributed by atoms with E-state index in [9.17, 15) is 0 Å². The van der Waals surface area contributed by atoms with E-state index in [0.717, 1.165) is 10.9 Å². The van der Waals surface area contributed by atoms with Gasteiger partial charge in [-0.1, -0.05) is 22.0 Å². The van der Waals surface area contributed by atoms with E-state index in [1.165, 1.54) is 6.07 Å². The molecule has 10 heavy (non-hydrogen) atoms. The Bertz CT molecular complexity index is 237. The zero-order valence-corrected chi connectivity index (χ0v) is 6.93. The van der Waals surface area contributed by atoms with E-state index in [1.807, 2.05) is 0 Å². The lowest BCUT2D eigenvalue weighted by Gasteiger charge is -2.00. The average molecular weight is 202 g/mol. The summed E-state index contributed by atoms with van der Waals surface area (Å²) < 4.78 is 0. The molecule has 0 radical (unpaired) electrons. The fourth-order valence-electron chi connectivity index (χ4n) is 0.704. The number of benzene rings is 1. The van der Waals surface area contributed by atoms with Gasteiger partial charge < -0.3 is 10.8 Å². The Labute approximate surface area is 67.8 Å². The van der Waals surface area contributed by atoms with E-state index in [1.54, 1.807) is 12.1 Å². The molecule has 0 spiro atoms. The van der Waals surface area contributed by atoms with Crippen molar-refractivity contribution < 1.29 is 5.11 Å². The van der Waals surface area contributed by atoms with Gasteiger partial charge in [-0.3, -0.25) is 0 Å². The Morgan fingerprint density at radius 1 is 1.50 bits per heavy atom. The number of nitrogen functional groups attached to an aromatic ring is 1. The number of phenols is 1. The summed E-state index contributed by atoms with van der Waals surface area (Å²) in [5.41, 5.74) is 7.16. The quantitative estimate of drug-likeness (QED) is 0.539. The van der Waals surface area contributed by atoms with E-state index < -0.39 is 0 Å². The van der Waals surface area contributed by atoms with Crippen LogP contribution in [0.1, 0.15) is 5.56 Å². The van der Waals surface area contributed by atoms with Crippen LogP contribution in [0.15, 0.2) is 18.2 Å². The van der Waals surface area contributed by atoms with Crippen LogP contribution in [0.25, 0.3) is 0 Å². The first-order valence-corrected chi connectivity index (χ1v) is 3.99. The maximum absolute atomic E-state index is 8.94. The number of anilines is 1. The van der Waals surface area contributed by atoms with Gasteiger partial charge in [0.2, 0.25) is 0 Å². The lowest BCUT2D eigenvalue weighted by molar-refractivity contribution is 0.475. The van der Waals surface area contributed by atoms with Gasteiger partial charge in [0.25, 0.3) is 0 Å². The number of hydrogen-bond acceptors (Lipinski definition) is 2. The second kappa shape index (κ2) is 2.92. The first-order chi connectivity index (χ1) is 4.74. The highest BCUT2D eigenvalue weighted by atomic mass is 79.9. The highest BCUT2D eigenvalue weighted by molar-refractivity contribution is 9.08. The van der Waals surface area contributed by atoms with E-state index in [4.69, 9.17) is 10.8 Å². The third-order valence-electron chi connectivity index (χ3n) is 1.27. The Morgan fingerprint density at radius 2 is 2.20 bits per heavy atom. The third kappa shape index (κ3) is 1.42. The molecule has 0 amide bonds. The molecule has 0 fully saturated rings. The molecule has 0 aromatic heterocycles. The van der Waals surface area contributed by atoms with Gasteiger partial charge in [-0.25, -0.2) is 0 Å². The minimum absolute atomic E-state index is 0.210. The van der Waals surface area contributed by atoms with Crippen LogP contribution in [0.2, 0.25) is 0 Å². The minimum Gasteiger partial charge on any atom is -0.508 e. The first kappa shape index (κ1) is 7.41. The largest absolute Gasteiger partial charge is 0.508 e. The van der Waals surface area contributed by atoms with Crippen molar-refractivity contribution in [3.8, 4) is 5.75 Å². The number of alkyl halides is 1. The molecule has 0 aliphatic heterocycles. The number of hydrogen-bond donors (Lipinski definition) is 2. The smallest absolute Gasteiger partial charge is 0.117 e. The van der Waals surface area contributed by atoms with Crippen LogP contribution in [0.3, 0.4) is 0 Å². The van der Waals surface area contributed by atoms with Crippen molar-refractivity contribution >= 4 is 21.6 Å². The van der Waals surface area contributed by atoms with E-state index >= 15 is 0 Å². The molecular formula is C7H8BrNO. The van der Waals surface area contributed by atoms with Crippen LogP contribution in [-0.2, 0) is 5.33 Å². The molecule has 0 saturated carbocycles. The fraction of sp³-hybridized carbons (Fsp3) is 0.143. The van der Waals surface area contributed by atoms with Gasteiger partial charge in [-0.2, -0.15) is 0 Å². The standard InChI is InChI=1S/C7H8BrNO/c8-4-5-1-2-6(10)3-7(5)9/h1-3,10H,4,9H2. The van der Waals surface area contributed by atoms with Gasteiger partial charge in [0.1, 0.15) is 5.75 Å². The first-order valence-electron chi connectivity index (χ1n) is 2.87. The molecule has 3 heteroatoms. The van der Waals surface area contributed by atoms with E-state index in [2.05, 4.69) is 15.9 Å². The molecule has 0 heterocycles. The monoisotopic (exact) mass is 201 g/mol. The summed E-state index contributed by atoms with van der Waals surface area (Å²) in [6, 6.07) is 4.95. The molecular weight excluding hydrogens is 194 g/mol. The number of nitrogens with two attached hydrogens (primary N) is 1. The van der Waals surface area contributed by atoms with Crippen molar-refractivity contribution in [1.82, 2.24) is 0 Å². The SMILES string of the molecule is Nc1cc(O)ccc1CBr. The second-order valence-corrected chi connectivity index (χ2v) is 2.58. The molecule has 0 saturated heterocycles. The topological polar surface area (TPSA) is 46.2 Å². The second-order valence-electron chi connectivity index (χ2n) is 2.02. The van der Waals surface area contributed by atoms with Gasteiger partial charge in [0.15, 0.2) is 0 Å². The Balaban J connectivity index is 3.07. The van der Waals surface area contributed by atoms with Crippen LogP contribution >= 0.6 is 15.9 Å². The lowest BCUT2D eigenvalue weighted by atomic mass is 10.2. The Kier molecular flexibility index (Phi) is 2.17. The number of rotatable bonds is 1. The summed E-state index contributed by atoms with van der Waals surface area (Å²) >= 11 is 3.27. The molecule has 0 unspecified atom stereocenters. The molecule has 2 nitrogen and oxygen atoms in total. The zero-order chi connectivity index (χ0) is 7.56. The van der Waals surface area contributed by atoms with Gasteiger partial charge >= 0.3 is 0 Å². The molecule has 3 N–H and O–H groups in total. The predicted molar refractivity (Wildman–Crippen MR) is 45.2 cm³/mol. The molecule has 1 rings (SSSR count). The van der Waals surface area contributed by atoms with Crippen LogP contribution < -0.4 is 5.73 Å². The zero-order valence-electron chi connectivity index (χ0n) is 5.34. The molecule has 1 aromatic rings. The van der Waals surface area contributed by atoms with Gasteiger partial charge in [-0.15, -0.1) is 0 Å². The molecule has 0 aliphatic carbocycles. The Morgan fingerprint density at radius 3 is 2.70 bits per heavy atom. The highest BCUT2D eigenvalue weighted by Gasteiger charge is 1.96. The van der Waals surface area contributed by atoms with Gasteiger partial charge in [-0.05, 0) is 11.6 Å². The molecule has 1 aromatic carbocycles. The highest BCUT2D eigenvalue weighted by Crippen LogP contribution is 2.20. The summed E-state index contributed by atoms with van der Waals surface area (Å²) in [5.74, 6) is 0.210. The summed E-state index contributed by atoms with van der Waals surface area (Å²) in [4.78, 5) is 0. The van der Waals surface area contributed by atoms with Crippen LogP contribution in [0, 0.1) is 0 Å². The number of halogens is 1. The van der Waals surface area contributed by atoms with Crippen LogP contribution in [0.5, 0.6) is 5.75 Å². The van der Waals surface area contributed by atoms with Crippen molar-refractivity contribution in [2.24, 2.45) is 0 Å². The predicted octanol–water partition coefficient (Wildman–Crippen LogP) is 1.87. The van der Waals surface area contributed by atoms with Gasteiger partial charge in [0.05, 0.1) is 0 Å². The van der Waals surface area contributed by atoms with Crippen molar-refractivity contribution in [3.05, 3.63) is 23.8 Å². The van der Waals surface area contributed by atoms with E-state index in [-0.39, 0.29) is 5.75 Å². The molecule has 0 aliphatic rings.